The summed E-state index contributed by atoms with van der Waals surface area (Å²) in [5.41, 5.74) is -0.269. The zero-order chi connectivity index (χ0) is 21.8. The van der Waals surface area contributed by atoms with Crippen LogP contribution < -0.4 is 40.2 Å². The summed E-state index contributed by atoms with van der Waals surface area (Å²) in [5, 5.41) is 9.91. The van der Waals surface area contributed by atoms with E-state index in [9.17, 15) is 27.4 Å². The number of carbonyl (C=O) groups is 3. The summed E-state index contributed by atoms with van der Waals surface area (Å²) in [6.45, 7) is 0. The van der Waals surface area contributed by atoms with Gasteiger partial charge in [0.05, 0.1) is 6.04 Å². The minimum Gasteiger partial charge on any atom is -0.731 e. The summed E-state index contributed by atoms with van der Waals surface area (Å²) in [4.78, 5) is 44.7. The molecule has 12 nitrogen and oxygen atoms in total. The summed E-state index contributed by atoms with van der Waals surface area (Å²) in [7, 11) is -3.81. The van der Waals surface area contributed by atoms with Gasteiger partial charge in [-0.05, 0) is 6.26 Å². The zero-order valence-corrected chi connectivity index (χ0v) is 21.2. The Morgan fingerprint density at radius 1 is 1.50 bits per heavy atom. The van der Waals surface area contributed by atoms with Gasteiger partial charge in [0.2, 0.25) is 5.91 Å². The Bertz CT molecular complexity index is 941. The molecule has 1 saturated heterocycles. The normalized spacial score (nSPS) is 18.9. The van der Waals surface area contributed by atoms with Gasteiger partial charge in [-0.15, -0.1) is 22.9 Å². The van der Waals surface area contributed by atoms with E-state index in [1.165, 1.54) is 24.3 Å². The van der Waals surface area contributed by atoms with Crippen molar-refractivity contribution in [3.8, 4) is 0 Å². The van der Waals surface area contributed by atoms with Crippen molar-refractivity contribution in [2.75, 3.05) is 30.3 Å². The third-order valence-electron chi connectivity index (χ3n) is 3.55. The number of aromatic nitrogens is 1. The summed E-state index contributed by atoms with van der Waals surface area (Å²) < 4.78 is 33.9. The number of anilines is 1. The number of halogens is 1. The minimum absolute atomic E-state index is 0. The maximum absolute atomic E-state index is 12.6. The number of hydrogen-bond acceptors (Lipinski definition) is 11. The van der Waals surface area contributed by atoms with Crippen LogP contribution in [0.3, 0.4) is 0 Å². The molecule has 2 atom stereocenters. The molecule has 2 heterocycles. The maximum atomic E-state index is 12.6. The Labute approximate surface area is 207 Å². The van der Waals surface area contributed by atoms with Crippen LogP contribution in [0.5, 0.6) is 0 Å². The minimum atomic E-state index is -5.00. The first-order valence-corrected chi connectivity index (χ1v) is 11.8. The van der Waals surface area contributed by atoms with Gasteiger partial charge in [-0.2, -0.15) is 11.8 Å². The third-order valence-corrected chi connectivity index (χ3v) is 6.15. The van der Waals surface area contributed by atoms with E-state index in [0.717, 1.165) is 11.3 Å². The predicted molar refractivity (Wildman–Crippen MR) is 106 cm³/mol. The molecule has 30 heavy (non-hydrogen) atoms. The second kappa shape index (κ2) is 11.6. The van der Waals surface area contributed by atoms with Gasteiger partial charge in [-0.25, -0.2) is 17.7 Å². The average Bonchev–Trinajstić information content (AvgIpc) is 3.10. The molecule has 0 radical (unpaired) electrons. The van der Waals surface area contributed by atoms with Crippen LogP contribution in [0.2, 0.25) is 0 Å². The van der Waals surface area contributed by atoms with E-state index in [1.807, 2.05) is 0 Å². The van der Waals surface area contributed by atoms with Crippen molar-refractivity contribution in [3.05, 3.63) is 11.1 Å². The Morgan fingerprint density at radius 2 is 2.17 bits per heavy atom. The van der Waals surface area contributed by atoms with E-state index in [2.05, 4.69) is 25.6 Å². The Morgan fingerprint density at radius 3 is 2.70 bits per heavy atom. The van der Waals surface area contributed by atoms with Gasteiger partial charge in [0.15, 0.2) is 21.1 Å². The number of oxime groups is 1. The van der Waals surface area contributed by atoms with Crippen molar-refractivity contribution in [1.82, 2.24) is 14.6 Å². The molecule has 1 aromatic rings. The number of amides is 3. The molecule has 1 aromatic heterocycles. The summed E-state index contributed by atoms with van der Waals surface area (Å²) in [6, 6.07) is -2.25. The van der Waals surface area contributed by atoms with E-state index >= 15 is 0 Å². The molecule has 160 valence electrons. The first kappa shape index (κ1) is 27.1. The average molecular weight is 508 g/mol. The van der Waals surface area contributed by atoms with Crippen molar-refractivity contribution in [1.29, 1.82) is 0 Å². The number of nitrogens with zero attached hydrogens (tertiary/aromatic N) is 3. The third kappa shape index (κ3) is 6.29. The molecule has 0 aliphatic carbocycles. The molecule has 2 rings (SSSR count). The molecular weight excluding hydrogens is 493 g/mol. The van der Waals surface area contributed by atoms with Crippen molar-refractivity contribution in [3.63, 3.8) is 0 Å². The number of β-lactam (4-membered cyclic amide) rings is 1. The largest absolute Gasteiger partial charge is 1.00 e. The predicted octanol–water partition coefficient (Wildman–Crippen LogP) is -3.81. The fraction of sp³-hybridized carbons (Fsp3) is 0.462. The molecule has 0 saturated carbocycles. The molecule has 0 bridgehead atoms. The van der Waals surface area contributed by atoms with Gasteiger partial charge in [0.1, 0.15) is 24.7 Å². The summed E-state index contributed by atoms with van der Waals surface area (Å²) >= 11 is 7.60. The monoisotopic (exact) mass is 507 g/mol. The Kier molecular flexibility index (Phi) is 10.5. The number of nitrogens with one attached hydrogen (secondary N) is 2. The fourth-order valence-corrected chi connectivity index (χ4v) is 4.80. The van der Waals surface area contributed by atoms with Crippen molar-refractivity contribution in [2.45, 2.75) is 12.1 Å². The zero-order valence-electron chi connectivity index (χ0n) is 15.9. The van der Waals surface area contributed by atoms with E-state index in [4.69, 9.17) is 11.6 Å². The molecule has 0 spiro atoms. The fourth-order valence-electron chi connectivity index (χ4n) is 2.38. The topological polar surface area (TPSA) is 170 Å². The van der Waals surface area contributed by atoms with Gasteiger partial charge >= 0.3 is 29.6 Å². The van der Waals surface area contributed by atoms with Crippen LogP contribution in [0.1, 0.15) is 5.69 Å². The second-order valence-corrected chi connectivity index (χ2v) is 8.69. The molecule has 3 amide bonds. The smallest absolute Gasteiger partial charge is 0.731 e. The Balaban J connectivity index is 0.00000450. The van der Waals surface area contributed by atoms with Crippen LogP contribution >= 0.6 is 34.7 Å². The van der Waals surface area contributed by atoms with Crippen LogP contribution in [-0.2, 0) is 29.5 Å². The number of alkyl halides is 1. The molecule has 17 heteroatoms. The van der Waals surface area contributed by atoms with Gasteiger partial charge in [0.25, 0.3) is 11.8 Å². The number of hydrogen-bond donors (Lipinski definition) is 2. The molecule has 0 unspecified atom stereocenters. The van der Waals surface area contributed by atoms with Gasteiger partial charge in [0, 0.05) is 11.1 Å². The molecule has 1 fully saturated rings. The maximum Gasteiger partial charge on any atom is 1.00 e. The number of thiazole rings is 1. The molecule has 1 aliphatic heterocycles. The molecular formula is C13H15ClN5NaO7S3. The second-order valence-electron chi connectivity index (χ2n) is 5.41. The van der Waals surface area contributed by atoms with Gasteiger partial charge in [-0.1, -0.05) is 5.16 Å². The first-order chi connectivity index (χ1) is 13.6. The quantitative estimate of drug-likeness (QED) is 0.0849. The van der Waals surface area contributed by atoms with Gasteiger partial charge in [-0.3, -0.25) is 14.4 Å². The summed E-state index contributed by atoms with van der Waals surface area (Å²) in [5.74, 6) is -2.59. The SMILES string of the molecule is CON=C(C(=O)N[C@H]1C(=O)N(S(=O)(=O)[O-])[C@H]1CSC)c1csc(NC(=O)CCl)n1.[Na+]. The molecule has 1 aliphatic rings. The van der Waals surface area contributed by atoms with E-state index in [0.29, 0.717) is 0 Å². The van der Waals surface area contributed by atoms with E-state index < -0.39 is 40.1 Å². The van der Waals surface area contributed by atoms with Crippen LogP contribution in [0, 0.1) is 0 Å². The standard InChI is InChI=1S/C13H16ClN5O7S3.Na/c1-26-18-9(6-4-28-13(15-6)16-8(20)3-14)11(21)17-10-7(5-27-2)19(12(10)22)29(23,24)25;/h4,7,10H,3,5H2,1-2H3,(H,17,21)(H,15,16,20)(H,23,24,25);/q;+1/p-1/t7-,10+;/m0./s1. The number of thioether (sulfide) groups is 1. The van der Waals surface area contributed by atoms with E-state index in [1.54, 1.807) is 6.26 Å². The van der Waals surface area contributed by atoms with Crippen molar-refractivity contribution in [2.24, 2.45) is 5.16 Å². The van der Waals surface area contributed by atoms with Gasteiger partial charge < -0.3 is 20.0 Å². The van der Waals surface area contributed by atoms with Crippen LogP contribution in [0.4, 0.5) is 5.13 Å². The Hall–Kier alpha value is -0.940. The number of rotatable bonds is 9. The van der Waals surface area contributed by atoms with Crippen LogP contribution in [0.15, 0.2) is 10.5 Å². The molecule has 2 N–H and O–H groups in total. The van der Waals surface area contributed by atoms with Crippen LogP contribution in [-0.4, -0.2) is 82.8 Å². The first-order valence-electron chi connectivity index (χ1n) is 7.65. The number of carbonyl (C=O) groups excluding carboxylic acids is 3. The van der Waals surface area contributed by atoms with Crippen LogP contribution in [0.25, 0.3) is 0 Å². The van der Waals surface area contributed by atoms with E-state index in [-0.39, 0.29) is 62.0 Å². The van der Waals surface area contributed by atoms with Crippen molar-refractivity contribution < 1.29 is 61.7 Å². The molecule has 0 aromatic carbocycles. The summed E-state index contributed by atoms with van der Waals surface area (Å²) in [6.07, 6.45) is 1.65. The van der Waals surface area contributed by atoms with Crippen molar-refractivity contribution >= 4 is 73.6 Å².